The van der Waals surface area contributed by atoms with Crippen molar-refractivity contribution in [3.05, 3.63) is 46.0 Å². The molecule has 0 aliphatic heterocycles. The summed E-state index contributed by atoms with van der Waals surface area (Å²) in [5, 5.41) is 7.94. The number of carbonyl (C=O) groups is 2. The molecule has 0 spiro atoms. The summed E-state index contributed by atoms with van der Waals surface area (Å²) in [6, 6.07) is 4.40. The number of ketones is 1. The van der Waals surface area contributed by atoms with Gasteiger partial charge in [-0.05, 0) is 51.0 Å². The lowest BCUT2D eigenvalue weighted by Crippen LogP contribution is -2.35. The maximum Gasteiger partial charge on any atom is 0.337 e. The molecule has 0 aliphatic rings. The van der Waals surface area contributed by atoms with Gasteiger partial charge in [0.2, 0.25) is 0 Å². The second kappa shape index (κ2) is 7.10. The van der Waals surface area contributed by atoms with Crippen LogP contribution in [0.3, 0.4) is 0 Å². The van der Waals surface area contributed by atoms with Crippen LogP contribution in [-0.4, -0.2) is 42.9 Å². The van der Waals surface area contributed by atoms with Crippen LogP contribution in [0.5, 0.6) is 0 Å². The highest BCUT2D eigenvalue weighted by molar-refractivity contribution is 6.00. The van der Waals surface area contributed by atoms with Gasteiger partial charge in [-0.1, -0.05) is 11.3 Å². The molecule has 9 heteroatoms. The fourth-order valence-electron chi connectivity index (χ4n) is 2.95. The topological polar surface area (TPSA) is 109 Å². The van der Waals surface area contributed by atoms with Crippen LogP contribution in [0.4, 0.5) is 0 Å². The number of carbonyl (C=O) groups excluding carboxylic acids is 2. The number of benzene rings is 1. The predicted molar refractivity (Wildman–Crippen MR) is 96.7 cm³/mol. The highest BCUT2D eigenvalue weighted by Gasteiger charge is 2.29. The van der Waals surface area contributed by atoms with E-state index in [0.29, 0.717) is 5.69 Å². The van der Waals surface area contributed by atoms with Gasteiger partial charge in [0.15, 0.2) is 23.0 Å². The van der Waals surface area contributed by atoms with Crippen LogP contribution in [-0.2, 0) is 14.3 Å². The third-order valence-corrected chi connectivity index (χ3v) is 4.01. The first-order valence-corrected chi connectivity index (χ1v) is 8.41. The lowest BCUT2D eigenvalue weighted by atomic mass is 10.1. The summed E-state index contributed by atoms with van der Waals surface area (Å²) in [7, 11) is 0. The lowest BCUT2D eigenvalue weighted by Gasteiger charge is -2.14. The monoisotopic (exact) mass is 369 g/mol. The van der Waals surface area contributed by atoms with Gasteiger partial charge in [-0.2, -0.15) is 4.68 Å². The molecular weight excluding hydrogens is 350 g/mol. The molecule has 0 saturated heterocycles. The zero-order chi connectivity index (χ0) is 19.7. The van der Waals surface area contributed by atoms with Crippen LogP contribution in [0.25, 0.3) is 16.9 Å². The summed E-state index contributed by atoms with van der Waals surface area (Å²) in [4.78, 5) is 41.1. The second-order valence-corrected chi connectivity index (χ2v) is 6.24. The highest BCUT2D eigenvalue weighted by atomic mass is 16.5. The van der Waals surface area contributed by atoms with Gasteiger partial charge in [0.25, 0.3) is 5.56 Å². The minimum atomic E-state index is -1.40. The Hall–Kier alpha value is -3.36. The van der Waals surface area contributed by atoms with Gasteiger partial charge in [0, 0.05) is 0 Å². The van der Waals surface area contributed by atoms with E-state index in [9.17, 15) is 14.4 Å². The molecule has 9 nitrogen and oxygen atoms in total. The third kappa shape index (κ3) is 3.35. The second-order valence-electron chi connectivity index (χ2n) is 6.24. The van der Waals surface area contributed by atoms with Crippen molar-refractivity contribution in [1.82, 2.24) is 24.5 Å². The average Bonchev–Trinajstić information content (AvgIpc) is 3.01. The molecule has 140 valence electrons. The molecule has 0 N–H and O–H groups in total. The van der Waals surface area contributed by atoms with Gasteiger partial charge in [-0.15, -0.1) is 5.10 Å². The molecular formula is C18H19N5O4. The summed E-state index contributed by atoms with van der Waals surface area (Å²) in [6.07, 6.45) is 1.15. The number of aryl methyl sites for hydroxylation is 2. The van der Waals surface area contributed by atoms with Crippen LogP contribution in [0.1, 0.15) is 31.0 Å². The first-order chi connectivity index (χ1) is 12.8. The zero-order valence-corrected chi connectivity index (χ0v) is 15.5. The maximum absolute atomic E-state index is 12.8. The van der Waals surface area contributed by atoms with E-state index in [1.165, 1.54) is 11.6 Å². The van der Waals surface area contributed by atoms with Gasteiger partial charge >= 0.3 is 5.97 Å². The Morgan fingerprint density at radius 3 is 2.44 bits per heavy atom. The minimum Gasteiger partial charge on any atom is -0.464 e. The molecule has 2 heterocycles. The van der Waals surface area contributed by atoms with Crippen molar-refractivity contribution < 1.29 is 14.3 Å². The Labute approximate surface area is 154 Å². The first kappa shape index (κ1) is 18.4. The van der Waals surface area contributed by atoms with Crippen molar-refractivity contribution in [2.45, 2.75) is 33.7 Å². The van der Waals surface area contributed by atoms with Crippen molar-refractivity contribution >= 4 is 22.9 Å². The van der Waals surface area contributed by atoms with Crippen molar-refractivity contribution in [1.29, 1.82) is 0 Å². The number of esters is 1. The van der Waals surface area contributed by atoms with Crippen LogP contribution in [0, 0.1) is 13.8 Å². The fraction of sp³-hybridized carbons (Fsp3) is 0.333. The Kier molecular flexibility index (Phi) is 4.85. The molecule has 2 aromatic heterocycles. The SMILES string of the molecule is CCOC(=O)[C@@H](C(C)=O)n1cnc2c(nnn2-c2cc(C)cc(C)c2)c1=O. The van der Waals surface area contributed by atoms with Crippen molar-refractivity contribution in [2.75, 3.05) is 6.61 Å². The van der Waals surface area contributed by atoms with E-state index in [1.807, 2.05) is 32.0 Å². The van der Waals surface area contributed by atoms with Crippen LogP contribution >= 0.6 is 0 Å². The molecule has 0 aliphatic carbocycles. The van der Waals surface area contributed by atoms with Crippen molar-refractivity contribution in [3.63, 3.8) is 0 Å². The highest BCUT2D eigenvalue weighted by Crippen LogP contribution is 2.17. The third-order valence-electron chi connectivity index (χ3n) is 4.01. The van der Waals surface area contributed by atoms with Crippen molar-refractivity contribution in [2.24, 2.45) is 0 Å². The van der Waals surface area contributed by atoms with Gasteiger partial charge in [-0.3, -0.25) is 14.2 Å². The van der Waals surface area contributed by atoms with Gasteiger partial charge in [0.05, 0.1) is 12.3 Å². The average molecular weight is 369 g/mol. The molecule has 3 aromatic rings. The molecule has 3 rings (SSSR count). The van der Waals surface area contributed by atoms with E-state index < -0.39 is 23.4 Å². The number of ether oxygens (including phenoxy) is 1. The van der Waals surface area contributed by atoms with Crippen LogP contribution < -0.4 is 5.56 Å². The Bertz CT molecular complexity index is 1080. The fourth-order valence-corrected chi connectivity index (χ4v) is 2.95. The Morgan fingerprint density at radius 1 is 1.19 bits per heavy atom. The Balaban J connectivity index is 2.16. The normalized spacial score (nSPS) is 12.1. The zero-order valence-electron chi connectivity index (χ0n) is 15.5. The predicted octanol–water partition coefficient (Wildman–Crippen LogP) is 1.29. The maximum atomic E-state index is 12.8. The summed E-state index contributed by atoms with van der Waals surface area (Å²) < 4.78 is 7.29. The van der Waals surface area contributed by atoms with Crippen molar-refractivity contribution in [3.8, 4) is 5.69 Å². The number of hydrogen-bond acceptors (Lipinski definition) is 7. The van der Waals surface area contributed by atoms with E-state index in [1.54, 1.807) is 6.92 Å². The van der Waals surface area contributed by atoms with Crippen LogP contribution in [0.15, 0.2) is 29.3 Å². The quantitative estimate of drug-likeness (QED) is 0.492. The van der Waals surface area contributed by atoms with Gasteiger partial charge in [0.1, 0.15) is 6.33 Å². The van der Waals surface area contributed by atoms with E-state index in [0.717, 1.165) is 22.0 Å². The van der Waals surface area contributed by atoms with E-state index in [2.05, 4.69) is 15.3 Å². The molecule has 0 amide bonds. The van der Waals surface area contributed by atoms with Gasteiger partial charge < -0.3 is 4.74 Å². The largest absolute Gasteiger partial charge is 0.464 e. The number of rotatable bonds is 5. The summed E-state index contributed by atoms with van der Waals surface area (Å²) in [5.41, 5.74) is 2.35. The lowest BCUT2D eigenvalue weighted by molar-refractivity contribution is -0.150. The molecule has 0 radical (unpaired) electrons. The summed E-state index contributed by atoms with van der Waals surface area (Å²) in [6.45, 7) is 6.83. The minimum absolute atomic E-state index is 0.0350. The first-order valence-electron chi connectivity index (χ1n) is 8.41. The molecule has 0 unspecified atom stereocenters. The summed E-state index contributed by atoms with van der Waals surface area (Å²) >= 11 is 0. The number of Topliss-reactive ketones (excluding diaryl/α,β-unsaturated/α-hetero) is 1. The van der Waals surface area contributed by atoms with E-state index in [-0.39, 0.29) is 17.8 Å². The smallest absolute Gasteiger partial charge is 0.337 e. The number of fused-ring (bicyclic) bond motifs is 1. The Morgan fingerprint density at radius 2 is 1.85 bits per heavy atom. The van der Waals surface area contributed by atoms with E-state index >= 15 is 0 Å². The molecule has 0 bridgehead atoms. The van der Waals surface area contributed by atoms with Crippen LogP contribution in [0.2, 0.25) is 0 Å². The number of hydrogen-bond donors (Lipinski definition) is 0. The standard InChI is InChI=1S/C18H19N5O4/c1-5-27-18(26)15(12(4)24)22-9-19-16-14(17(22)25)20-21-23(16)13-7-10(2)6-11(3)8-13/h6-9,15H,5H2,1-4H3/t15-/m1/s1. The molecule has 27 heavy (non-hydrogen) atoms. The molecule has 0 saturated carbocycles. The molecule has 1 aromatic carbocycles. The number of nitrogens with zero attached hydrogens (tertiary/aromatic N) is 5. The molecule has 1 atom stereocenters. The summed E-state index contributed by atoms with van der Waals surface area (Å²) in [5.74, 6) is -1.34. The van der Waals surface area contributed by atoms with Gasteiger partial charge in [-0.25, -0.2) is 9.78 Å². The molecule has 0 fully saturated rings. The number of aromatic nitrogens is 5. The van der Waals surface area contributed by atoms with E-state index in [4.69, 9.17) is 4.74 Å².